The van der Waals surface area contributed by atoms with Gasteiger partial charge in [0.25, 0.3) is 11.8 Å². The molecule has 0 unspecified atom stereocenters. The summed E-state index contributed by atoms with van der Waals surface area (Å²) >= 11 is 12.4. The summed E-state index contributed by atoms with van der Waals surface area (Å²) in [5.41, 5.74) is 4.30. The van der Waals surface area contributed by atoms with Crippen LogP contribution in [0, 0.1) is 6.92 Å². The van der Waals surface area contributed by atoms with Crippen LogP contribution in [0.2, 0.25) is 5.02 Å². The van der Waals surface area contributed by atoms with Crippen molar-refractivity contribution in [2.75, 3.05) is 7.11 Å². The third-order valence-electron chi connectivity index (χ3n) is 3.88. The summed E-state index contributed by atoms with van der Waals surface area (Å²) in [4.78, 5) is 25.5. The number of amides is 2. The first kappa shape index (κ1) is 20.2. The highest BCUT2D eigenvalue weighted by Crippen LogP contribution is 2.33. The van der Waals surface area contributed by atoms with E-state index in [-0.39, 0.29) is 26.4 Å². The fourth-order valence-corrected chi connectivity index (χ4v) is 3.97. The van der Waals surface area contributed by atoms with E-state index < -0.39 is 11.8 Å². The quantitative estimate of drug-likeness (QED) is 0.561. The van der Waals surface area contributed by atoms with E-state index in [2.05, 4.69) is 5.43 Å². The van der Waals surface area contributed by atoms with Gasteiger partial charge in [-0.2, -0.15) is 5.01 Å². The summed E-state index contributed by atoms with van der Waals surface area (Å²) in [6.07, 6.45) is 1.60. The molecule has 2 amide bonds. The molecule has 28 heavy (non-hydrogen) atoms. The summed E-state index contributed by atoms with van der Waals surface area (Å²) < 4.78 is 5.26. The van der Waals surface area contributed by atoms with Crippen LogP contribution in [0.3, 0.4) is 0 Å². The number of carbonyl (C=O) groups is 2. The maximum absolute atomic E-state index is 12.7. The Kier molecular flexibility index (Phi) is 5.93. The Labute approximate surface area is 176 Å². The number of hydrogen-bond acceptors (Lipinski definition) is 6. The average molecular weight is 435 g/mol. The van der Waals surface area contributed by atoms with Crippen molar-refractivity contribution in [2.24, 2.45) is 0 Å². The molecule has 1 heterocycles. The number of methoxy groups -OCH3 is 1. The second-order valence-electron chi connectivity index (χ2n) is 5.87. The molecule has 1 aliphatic heterocycles. The van der Waals surface area contributed by atoms with Gasteiger partial charge in [0.15, 0.2) is 15.8 Å². The van der Waals surface area contributed by atoms with Crippen LogP contribution in [-0.4, -0.2) is 33.4 Å². The third kappa shape index (κ3) is 4.14. The lowest BCUT2D eigenvalue weighted by atomic mass is 10.1. The van der Waals surface area contributed by atoms with Crippen LogP contribution in [0.5, 0.6) is 11.5 Å². The zero-order valence-corrected chi connectivity index (χ0v) is 17.2. The topological polar surface area (TPSA) is 78.9 Å². The fraction of sp³-hybridized carbons (Fsp3) is 0.105. The number of rotatable bonds is 4. The van der Waals surface area contributed by atoms with Crippen molar-refractivity contribution in [3.63, 3.8) is 0 Å². The number of hydrogen-bond donors (Lipinski definition) is 2. The van der Waals surface area contributed by atoms with Crippen molar-refractivity contribution in [3.8, 4) is 11.5 Å². The highest BCUT2D eigenvalue weighted by Gasteiger charge is 2.34. The molecule has 0 aromatic heterocycles. The molecule has 2 aromatic carbocycles. The first-order chi connectivity index (χ1) is 13.3. The van der Waals surface area contributed by atoms with Gasteiger partial charge in [-0.3, -0.25) is 15.0 Å². The fourth-order valence-electron chi connectivity index (χ4n) is 2.47. The highest BCUT2D eigenvalue weighted by molar-refractivity contribution is 8.26. The van der Waals surface area contributed by atoms with Crippen LogP contribution in [0.1, 0.15) is 21.5 Å². The molecule has 6 nitrogen and oxygen atoms in total. The van der Waals surface area contributed by atoms with E-state index in [1.54, 1.807) is 36.4 Å². The number of aryl methyl sites for hydroxylation is 1. The summed E-state index contributed by atoms with van der Waals surface area (Å²) in [5.74, 6) is -0.714. The SMILES string of the molecule is COc1cc(C=C2SC(=S)N(NC(=O)c3ccc(C)cc3Cl)C2=O)ccc1O. The molecule has 0 atom stereocenters. The van der Waals surface area contributed by atoms with E-state index in [9.17, 15) is 14.7 Å². The Morgan fingerprint density at radius 1 is 1.32 bits per heavy atom. The number of phenols is 1. The van der Waals surface area contributed by atoms with E-state index in [4.69, 9.17) is 28.6 Å². The van der Waals surface area contributed by atoms with Crippen molar-refractivity contribution >= 4 is 57.8 Å². The smallest absolute Gasteiger partial charge is 0.285 e. The van der Waals surface area contributed by atoms with Crippen LogP contribution in [0.15, 0.2) is 41.3 Å². The van der Waals surface area contributed by atoms with Crippen LogP contribution in [0.25, 0.3) is 6.08 Å². The Bertz CT molecular complexity index is 1020. The van der Waals surface area contributed by atoms with Gasteiger partial charge in [0.2, 0.25) is 0 Å². The van der Waals surface area contributed by atoms with Crippen molar-refractivity contribution in [2.45, 2.75) is 6.92 Å². The first-order valence-electron chi connectivity index (χ1n) is 8.02. The number of thioether (sulfide) groups is 1. The number of thiocarbonyl (C=S) groups is 1. The van der Waals surface area contributed by atoms with Crippen molar-refractivity contribution in [1.29, 1.82) is 0 Å². The molecular weight excluding hydrogens is 420 g/mol. The lowest BCUT2D eigenvalue weighted by Crippen LogP contribution is -2.44. The Morgan fingerprint density at radius 2 is 2.07 bits per heavy atom. The molecule has 2 N–H and O–H groups in total. The maximum atomic E-state index is 12.7. The number of nitrogens with one attached hydrogen (secondary N) is 1. The predicted octanol–water partition coefficient (Wildman–Crippen LogP) is 3.91. The number of aromatic hydroxyl groups is 1. The van der Waals surface area contributed by atoms with E-state index in [0.717, 1.165) is 22.3 Å². The van der Waals surface area contributed by atoms with Gasteiger partial charge in [-0.05, 0) is 60.6 Å². The molecule has 0 radical (unpaired) electrons. The maximum Gasteiger partial charge on any atom is 0.285 e. The highest BCUT2D eigenvalue weighted by atomic mass is 35.5. The van der Waals surface area contributed by atoms with E-state index in [0.29, 0.717) is 10.5 Å². The molecule has 2 aromatic rings. The second kappa shape index (κ2) is 8.22. The van der Waals surface area contributed by atoms with E-state index in [1.807, 2.05) is 6.92 Å². The van der Waals surface area contributed by atoms with E-state index >= 15 is 0 Å². The number of hydrazine groups is 1. The predicted molar refractivity (Wildman–Crippen MR) is 113 cm³/mol. The molecule has 144 valence electrons. The summed E-state index contributed by atoms with van der Waals surface area (Å²) in [6, 6.07) is 9.69. The largest absolute Gasteiger partial charge is 0.504 e. The van der Waals surface area contributed by atoms with Crippen LogP contribution in [-0.2, 0) is 4.79 Å². The monoisotopic (exact) mass is 434 g/mol. The van der Waals surface area contributed by atoms with Gasteiger partial charge in [0.1, 0.15) is 0 Å². The normalized spacial score (nSPS) is 15.2. The average Bonchev–Trinajstić information content (AvgIpc) is 2.90. The number of phenolic OH excluding ortho intramolecular Hbond substituents is 1. The third-order valence-corrected chi connectivity index (χ3v) is 5.49. The van der Waals surface area contributed by atoms with Gasteiger partial charge in [-0.25, -0.2) is 0 Å². The molecular formula is C19H15ClN2O4S2. The minimum Gasteiger partial charge on any atom is -0.504 e. The zero-order valence-electron chi connectivity index (χ0n) is 14.9. The van der Waals surface area contributed by atoms with Gasteiger partial charge in [-0.15, -0.1) is 0 Å². The molecule has 0 spiro atoms. The Balaban J connectivity index is 1.81. The number of halogens is 1. The first-order valence-corrected chi connectivity index (χ1v) is 9.62. The van der Waals surface area contributed by atoms with Gasteiger partial charge < -0.3 is 9.84 Å². The lowest BCUT2D eigenvalue weighted by Gasteiger charge is -2.16. The van der Waals surface area contributed by atoms with Crippen LogP contribution in [0.4, 0.5) is 0 Å². The van der Waals surface area contributed by atoms with Gasteiger partial charge >= 0.3 is 0 Å². The van der Waals surface area contributed by atoms with E-state index in [1.165, 1.54) is 13.2 Å². The van der Waals surface area contributed by atoms with Gasteiger partial charge in [0, 0.05) is 0 Å². The molecule has 9 heteroatoms. The summed E-state index contributed by atoms with van der Waals surface area (Å²) in [7, 11) is 1.43. The molecule has 3 rings (SSSR count). The Hall–Kier alpha value is -2.55. The standard InChI is InChI=1S/C19H15ClN2O4S2/c1-10-3-5-12(13(20)7-10)17(24)21-22-18(25)16(28-19(22)27)9-11-4-6-14(23)15(8-11)26-2/h3-9,23H,1-2H3,(H,21,24). The van der Waals surface area contributed by atoms with Crippen LogP contribution >= 0.6 is 35.6 Å². The number of carbonyl (C=O) groups excluding carboxylic acids is 2. The van der Waals surface area contributed by atoms with Crippen molar-refractivity contribution in [1.82, 2.24) is 10.4 Å². The van der Waals surface area contributed by atoms with Gasteiger partial charge in [-0.1, -0.05) is 35.5 Å². The minimum absolute atomic E-state index is 0.00515. The molecule has 0 bridgehead atoms. The number of ether oxygens (including phenoxy) is 1. The summed E-state index contributed by atoms with van der Waals surface area (Å²) in [6.45, 7) is 1.86. The number of nitrogens with zero attached hydrogens (tertiary/aromatic N) is 1. The van der Waals surface area contributed by atoms with Gasteiger partial charge in [0.05, 0.1) is 22.6 Å². The van der Waals surface area contributed by atoms with Crippen molar-refractivity contribution in [3.05, 3.63) is 63.0 Å². The lowest BCUT2D eigenvalue weighted by molar-refractivity contribution is -0.123. The molecule has 1 saturated heterocycles. The second-order valence-corrected chi connectivity index (χ2v) is 7.96. The van der Waals surface area contributed by atoms with Crippen molar-refractivity contribution < 1.29 is 19.4 Å². The Morgan fingerprint density at radius 3 is 2.75 bits per heavy atom. The zero-order chi connectivity index (χ0) is 20.4. The number of benzene rings is 2. The molecule has 1 aliphatic rings. The molecule has 0 saturated carbocycles. The minimum atomic E-state index is -0.533. The summed E-state index contributed by atoms with van der Waals surface area (Å²) in [5, 5.41) is 11.0. The molecule has 0 aliphatic carbocycles. The molecule has 1 fully saturated rings. The van der Waals surface area contributed by atoms with Crippen LogP contribution < -0.4 is 10.2 Å².